The van der Waals surface area contributed by atoms with Crippen LogP contribution in [0.3, 0.4) is 0 Å². The van der Waals surface area contributed by atoms with Crippen molar-refractivity contribution < 1.29 is 9.18 Å². The second-order valence-corrected chi connectivity index (χ2v) is 4.34. The highest BCUT2D eigenvalue weighted by molar-refractivity contribution is 6.04. The zero-order chi connectivity index (χ0) is 15.2. The quantitative estimate of drug-likeness (QED) is 0.829. The van der Waals surface area contributed by atoms with Crippen LogP contribution in [0.4, 0.5) is 10.1 Å². The van der Waals surface area contributed by atoms with E-state index in [2.05, 4.69) is 22.1 Å². The van der Waals surface area contributed by atoms with Crippen molar-refractivity contribution in [2.75, 3.05) is 11.9 Å². The van der Waals surface area contributed by atoms with E-state index in [9.17, 15) is 9.18 Å². The van der Waals surface area contributed by atoms with Gasteiger partial charge in [0.15, 0.2) is 0 Å². The lowest BCUT2D eigenvalue weighted by molar-refractivity contribution is 0.102. The standard InChI is InChI=1S/C16H14FN3O/c1-11-9-13(6-8-19-11)16(21)20-15-5-4-12(3-2-7-18)10-14(15)17/h4-6,8-10H,7,18H2,1H3,(H,20,21). The first-order valence-electron chi connectivity index (χ1n) is 6.32. The van der Waals surface area contributed by atoms with E-state index in [1.54, 1.807) is 25.1 Å². The highest BCUT2D eigenvalue weighted by atomic mass is 19.1. The van der Waals surface area contributed by atoms with E-state index >= 15 is 0 Å². The summed E-state index contributed by atoms with van der Waals surface area (Å²) in [6.07, 6.45) is 1.53. The molecule has 1 aromatic heterocycles. The Balaban J connectivity index is 2.18. The zero-order valence-corrected chi connectivity index (χ0v) is 11.5. The number of pyridine rings is 1. The molecule has 2 aromatic rings. The van der Waals surface area contributed by atoms with Gasteiger partial charge < -0.3 is 11.1 Å². The van der Waals surface area contributed by atoms with E-state index in [1.165, 1.54) is 18.3 Å². The Hall–Kier alpha value is -2.71. The molecule has 0 aliphatic carbocycles. The van der Waals surface area contributed by atoms with Crippen LogP contribution in [0, 0.1) is 24.6 Å². The predicted octanol–water partition coefficient (Wildman–Crippen LogP) is 2.09. The highest BCUT2D eigenvalue weighted by Gasteiger charge is 2.10. The van der Waals surface area contributed by atoms with Crippen LogP contribution in [-0.4, -0.2) is 17.4 Å². The molecule has 0 aliphatic heterocycles. The Kier molecular flexibility index (Phi) is 4.64. The van der Waals surface area contributed by atoms with Gasteiger partial charge in [-0.15, -0.1) is 0 Å². The molecule has 0 aliphatic rings. The molecule has 0 radical (unpaired) electrons. The van der Waals surface area contributed by atoms with Crippen molar-refractivity contribution in [3.63, 3.8) is 0 Å². The first-order chi connectivity index (χ1) is 10.1. The van der Waals surface area contributed by atoms with E-state index in [0.29, 0.717) is 11.1 Å². The van der Waals surface area contributed by atoms with Gasteiger partial charge in [-0.1, -0.05) is 11.8 Å². The Labute approximate surface area is 122 Å². The van der Waals surface area contributed by atoms with Crippen molar-refractivity contribution in [2.24, 2.45) is 5.73 Å². The molecule has 106 valence electrons. The number of hydrogen-bond donors (Lipinski definition) is 2. The minimum absolute atomic E-state index is 0.104. The average Bonchev–Trinajstić information content (AvgIpc) is 2.47. The van der Waals surface area contributed by atoms with E-state index in [0.717, 1.165) is 5.69 Å². The molecule has 0 unspecified atom stereocenters. The first kappa shape index (κ1) is 14.7. The fourth-order valence-electron chi connectivity index (χ4n) is 1.73. The summed E-state index contributed by atoms with van der Waals surface area (Å²) in [7, 11) is 0. The largest absolute Gasteiger partial charge is 0.320 e. The van der Waals surface area contributed by atoms with Crippen LogP contribution in [-0.2, 0) is 0 Å². The minimum Gasteiger partial charge on any atom is -0.320 e. The number of aromatic nitrogens is 1. The fraction of sp³-hybridized carbons (Fsp3) is 0.125. The molecular formula is C16H14FN3O. The molecule has 21 heavy (non-hydrogen) atoms. The zero-order valence-electron chi connectivity index (χ0n) is 11.5. The van der Waals surface area contributed by atoms with Gasteiger partial charge in [0.25, 0.3) is 5.91 Å². The van der Waals surface area contributed by atoms with Gasteiger partial charge >= 0.3 is 0 Å². The maximum absolute atomic E-state index is 13.9. The van der Waals surface area contributed by atoms with Crippen molar-refractivity contribution in [3.8, 4) is 11.8 Å². The third-order valence-electron chi connectivity index (χ3n) is 2.71. The van der Waals surface area contributed by atoms with Crippen molar-refractivity contribution in [2.45, 2.75) is 6.92 Å². The number of amides is 1. The first-order valence-corrected chi connectivity index (χ1v) is 6.32. The molecule has 0 bridgehead atoms. The minimum atomic E-state index is -0.544. The fourth-order valence-corrected chi connectivity index (χ4v) is 1.73. The Morgan fingerprint density at radius 3 is 2.86 bits per heavy atom. The molecular weight excluding hydrogens is 269 g/mol. The van der Waals surface area contributed by atoms with Gasteiger partial charge in [-0.25, -0.2) is 4.39 Å². The molecule has 0 saturated carbocycles. The summed E-state index contributed by atoms with van der Waals surface area (Å²) >= 11 is 0. The number of nitrogens with one attached hydrogen (secondary N) is 1. The smallest absolute Gasteiger partial charge is 0.255 e. The third kappa shape index (κ3) is 3.88. The number of rotatable bonds is 2. The van der Waals surface area contributed by atoms with E-state index in [-0.39, 0.29) is 18.1 Å². The third-order valence-corrected chi connectivity index (χ3v) is 2.71. The number of benzene rings is 1. The van der Waals surface area contributed by atoms with Gasteiger partial charge in [0, 0.05) is 23.0 Å². The predicted molar refractivity (Wildman–Crippen MR) is 79.3 cm³/mol. The summed E-state index contributed by atoms with van der Waals surface area (Å²) in [5.74, 6) is 4.44. The number of halogens is 1. The van der Waals surface area contributed by atoms with Crippen LogP contribution in [0.1, 0.15) is 21.6 Å². The maximum atomic E-state index is 13.9. The Bertz CT molecular complexity index is 732. The molecule has 2 rings (SSSR count). The second kappa shape index (κ2) is 6.64. The van der Waals surface area contributed by atoms with Crippen molar-refractivity contribution in [1.29, 1.82) is 0 Å². The number of carbonyl (C=O) groups excluding carboxylic acids is 1. The average molecular weight is 283 g/mol. The lowest BCUT2D eigenvalue weighted by Crippen LogP contribution is -2.13. The van der Waals surface area contributed by atoms with E-state index in [4.69, 9.17) is 5.73 Å². The van der Waals surface area contributed by atoms with Crippen LogP contribution >= 0.6 is 0 Å². The Morgan fingerprint density at radius 1 is 1.38 bits per heavy atom. The van der Waals surface area contributed by atoms with Crippen molar-refractivity contribution in [3.05, 3.63) is 59.2 Å². The molecule has 0 atom stereocenters. The summed E-state index contributed by atoms with van der Waals surface area (Å²) in [5, 5.41) is 2.52. The van der Waals surface area contributed by atoms with Crippen molar-refractivity contribution >= 4 is 11.6 Å². The lowest BCUT2D eigenvalue weighted by Gasteiger charge is -2.07. The van der Waals surface area contributed by atoms with Gasteiger partial charge in [0.05, 0.1) is 12.2 Å². The summed E-state index contributed by atoms with van der Waals surface area (Å²) in [4.78, 5) is 16.0. The number of carbonyl (C=O) groups is 1. The molecule has 0 fully saturated rings. The molecule has 0 saturated heterocycles. The van der Waals surface area contributed by atoms with Crippen LogP contribution in [0.2, 0.25) is 0 Å². The molecule has 5 heteroatoms. The van der Waals surface area contributed by atoms with Gasteiger partial charge in [-0.3, -0.25) is 9.78 Å². The molecule has 1 heterocycles. The topological polar surface area (TPSA) is 68.0 Å². The van der Waals surface area contributed by atoms with Crippen LogP contribution in [0.25, 0.3) is 0 Å². The number of aryl methyl sites for hydroxylation is 1. The second-order valence-electron chi connectivity index (χ2n) is 4.34. The van der Waals surface area contributed by atoms with Gasteiger partial charge in [0.2, 0.25) is 0 Å². The molecule has 4 nitrogen and oxygen atoms in total. The van der Waals surface area contributed by atoms with Gasteiger partial charge in [-0.2, -0.15) is 0 Å². The maximum Gasteiger partial charge on any atom is 0.255 e. The molecule has 1 amide bonds. The van der Waals surface area contributed by atoms with E-state index < -0.39 is 5.82 Å². The number of anilines is 1. The summed E-state index contributed by atoms with van der Waals surface area (Å²) in [6.45, 7) is 1.99. The number of nitrogens with two attached hydrogens (primary N) is 1. The van der Waals surface area contributed by atoms with Crippen LogP contribution < -0.4 is 11.1 Å². The van der Waals surface area contributed by atoms with Crippen LogP contribution in [0.15, 0.2) is 36.5 Å². The van der Waals surface area contributed by atoms with E-state index in [1.807, 2.05) is 0 Å². The molecule has 0 spiro atoms. The van der Waals surface area contributed by atoms with Crippen molar-refractivity contribution in [1.82, 2.24) is 4.98 Å². The summed E-state index contributed by atoms with van der Waals surface area (Å²) < 4.78 is 13.9. The SMILES string of the molecule is Cc1cc(C(=O)Nc2ccc(C#CCN)cc2F)ccn1. The highest BCUT2D eigenvalue weighted by Crippen LogP contribution is 2.16. The number of nitrogens with zero attached hydrogens (tertiary/aromatic N) is 1. The van der Waals surface area contributed by atoms with Crippen LogP contribution in [0.5, 0.6) is 0 Å². The van der Waals surface area contributed by atoms with Gasteiger partial charge in [0.1, 0.15) is 5.82 Å². The molecule has 1 aromatic carbocycles. The monoisotopic (exact) mass is 283 g/mol. The molecule has 3 N–H and O–H groups in total. The summed E-state index contributed by atoms with van der Waals surface area (Å²) in [5.41, 5.74) is 7.01. The van der Waals surface area contributed by atoms with Gasteiger partial charge in [-0.05, 0) is 37.3 Å². The lowest BCUT2D eigenvalue weighted by atomic mass is 10.1. The summed E-state index contributed by atoms with van der Waals surface area (Å²) in [6, 6.07) is 7.56. The normalized spacial score (nSPS) is 9.67. The Morgan fingerprint density at radius 2 is 2.19 bits per heavy atom. The number of hydrogen-bond acceptors (Lipinski definition) is 3.